The minimum Gasteiger partial charge on any atom is -0.320 e. The van der Waals surface area contributed by atoms with Gasteiger partial charge in [0.1, 0.15) is 0 Å². The molecule has 1 aliphatic rings. The molecule has 0 bridgehead atoms. The van der Waals surface area contributed by atoms with Gasteiger partial charge in [-0.25, -0.2) is 4.98 Å². The Balaban J connectivity index is 1.46. The molecule has 2 aromatic carbocycles. The van der Waals surface area contributed by atoms with Gasteiger partial charge in [-0.3, -0.25) is 14.5 Å². The van der Waals surface area contributed by atoms with Gasteiger partial charge in [-0.2, -0.15) is 13.2 Å². The van der Waals surface area contributed by atoms with Crippen LogP contribution in [0.25, 0.3) is 11.0 Å². The lowest BCUT2D eigenvalue weighted by Crippen LogP contribution is -2.30. The minimum absolute atomic E-state index is 0.0958. The van der Waals surface area contributed by atoms with Crippen LogP contribution in [0.2, 0.25) is 0 Å². The Morgan fingerprint density at radius 1 is 0.821 bits per heavy atom. The van der Waals surface area contributed by atoms with Crippen LogP contribution in [0.5, 0.6) is 0 Å². The summed E-state index contributed by atoms with van der Waals surface area (Å²) in [5, 5.41) is 0. The van der Waals surface area contributed by atoms with E-state index in [1.54, 1.807) is 48.5 Å². The molecule has 5 nitrogen and oxygen atoms in total. The molecule has 1 aromatic heterocycles. The SMILES string of the molecule is O=C1c2ccccc2C(=O)N1CCCCn1c(C(F)(F)F)nc2ccccc21. The molecule has 4 rings (SSSR count). The number of rotatable bonds is 5. The molecule has 3 aromatic rings. The molecule has 1 aliphatic heterocycles. The van der Waals surface area contributed by atoms with Crippen LogP contribution in [0.1, 0.15) is 39.4 Å². The summed E-state index contributed by atoms with van der Waals surface area (Å²) in [6, 6.07) is 13.0. The third kappa shape index (κ3) is 3.04. The molecule has 144 valence electrons. The van der Waals surface area contributed by atoms with Gasteiger partial charge in [-0.15, -0.1) is 0 Å². The summed E-state index contributed by atoms with van der Waals surface area (Å²) in [7, 11) is 0. The molecule has 0 unspecified atom stereocenters. The number of benzene rings is 2. The Labute approximate surface area is 158 Å². The maximum atomic E-state index is 13.3. The molecule has 0 atom stereocenters. The van der Waals surface area contributed by atoms with Crippen LogP contribution in [0.15, 0.2) is 48.5 Å². The van der Waals surface area contributed by atoms with E-state index < -0.39 is 12.0 Å². The number of aromatic nitrogens is 2. The lowest BCUT2D eigenvalue weighted by atomic mass is 10.1. The number of imidazole rings is 1. The van der Waals surface area contributed by atoms with Crippen LogP contribution >= 0.6 is 0 Å². The highest BCUT2D eigenvalue weighted by molar-refractivity contribution is 6.21. The number of amides is 2. The van der Waals surface area contributed by atoms with Crippen molar-refractivity contribution in [2.24, 2.45) is 0 Å². The Morgan fingerprint density at radius 3 is 2.04 bits per heavy atom. The molecule has 8 heteroatoms. The molecule has 0 N–H and O–H groups in total. The maximum absolute atomic E-state index is 13.3. The third-order valence-electron chi connectivity index (χ3n) is 4.80. The normalized spacial score (nSPS) is 14.2. The van der Waals surface area contributed by atoms with Gasteiger partial charge in [0.2, 0.25) is 5.82 Å². The molecular weight excluding hydrogens is 371 g/mol. The van der Waals surface area contributed by atoms with Crippen molar-refractivity contribution in [2.45, 2.75) is 25.6 Å². The first-order chi connectivity index (χ1) is 13.4. The predicted octanol–water partition coefficient (Wildman–Crippen LogP) is 4.13. The van der Waals surface area contributed by atoms with Crippen LogP contribution in [-0.2, 0) is 12.7 Å². The summed E-state index contributed by atoms with van der Waals surface area (Å²) >= 11 is 0. The molecule has 0 spiro atoms. The van der Waals surface area contributed by atoms with E-state index in [1.165, 1.54) is 0 Å². The summed E-state index contributed by atoms with van der Waals surface area (Å²) in [6.07, 6.45) is -3.78. The first-order valence-corrected chi connectivity index (χ1v) is 8.85. The van der Waals surface area contributed by atoms with Crippen molar-refractivity contribution in [1.29, 1.82) is 0 Å². The first-order valence-electron chi connectivity index (χ1n) is 8.85. The van der Waals surface area contributed by atoms with E-state index in [-0.39, 0.29) is 30.4 Å². The monoisotopic (exact) mass is 387 g/mol. The van der Waals surface area contributed by atoms with Crippen LogP contribution in [-0.4, -0.2) is 32.8 Å². The van der Waals surface area contributed by atoms with E-state index in [2.05, 4.69) is 4.98 Å². The Morgan fingerprint density at radius 2 is 1.39 bits per heavy atom. The smallest absolute Gasteiger partial charge is 0.320 e. The molecule has 0 saturated heterocycles. The number of para-hydroxylation sites is 2. The summed E-state index contributed by atoms with van der Waals surface area (Å²) in [5.74, 6) is -1.65. The zero-order valence-electron chi connectivity index (χ0n) is 14.7. The van der Waals surface area contributed by atoms with Gasteiger partial charge in [-0.1, -0.05) is 24.3 Å². The van der Waals surface area contributed by atoms with Gasteiger partial charge in [0, 0.05) is 13.1 Å². The number of halogens is 3. The van der Waals surface area contributed by atoms with Gasteiger partial charge < -0.3 is 4.57 Å². The van der Waals surface area contributed by atoms with Crippen LogP contribution in [0.4, 0.5) is 13.2 Å². The van der Waals surface area contributed by atoms with E-state index in [9.17, 15) is 22.8 Å². The minimum atomic E-state index is -4.55. The van der Waals surface area contributed by atoms with E-state index in [1.807, 2.05) is 0 Å². The number of alkyl halides is 3. The van der Waals surface area contributed by atoms with E-state index in [0.717, 1.165) is 9.47 Å². The summed E-state index contributed by atoms with van der Waals surface area (Å²) < 4.78 is 41.1. The van der Waals surface area contributed by atoms with Crippen molar-refractivity contribution in [2.75, 3.05) is 6.54 Å². The zero-order valence-corrected chi connectivity index (χ0v) is 14.7. The number of imide groups is 1. The zero-order chi connectivity index (χ0) is 19.9. The lowest BCUT2D eigenvalue weighted by Gasteiger charge is -2.15. The summed E-state index contributed by atoms with van der Waals surface area (Å²) in [6.45, 7) is 0.263. The van der Waals surface area contributed by atoms with Crippen molar-refractivity contribution >= 4 is 22.8 Å². The molecule has 0 radical (unpaired) electrons. The van der Waals surface area contributed by atoms with Gasteiger partial charge >= 0.3 is 6.18 Å². The summed E-state index contributed by atoms with van der Waals surface area (Å²) in [5.41, 5.74) is 1.44. The average Bonchev–Trinajstić information content (AvgIpc) is 3.16. The van der Waals surface area contributed by atoms with Gasteiger partial charge in [0.05, 0.1) is 22.2 Å². The predicted molar refractivity (Wildman–Crippen MR) is 95.8 cm³/mol. The van der Waals surface area contributed by atoms with Crippen LogP contribution in [0.3, 0.4) is 0 Å². The highest BCUT2D eigenvalue weighted by Crippen LogP contribution is 2.32. The van der Waals surface area contributed by atoms with Crippen molar-refractivity contribution in [3.05, 3.63) is 65.5 Å². The van der Waals surface area contributed by atoms with Crippen LogP contribution < -0.4 is 0 Å². The second-order valence-electron chi connectivity index (χ2n) is 6.59. The number of carbonyl (C=O) groups excluding carboxylic acids is 2. The second kappa shape index (κ2) is 6.78. The highest BCUT2D eigenvalue weighted by atomic mass is 19.4. The Hall–Kier alpha value is -3.16. The fraction of sp³-hybridized carbons (Fsp3) is 0.250. The quantitative estimate of drug-likeness (QED) is 0.489. The average molecular weight is 387 g/mol. The number of unbranched alkanes of at least 4 members (excludes halogenated alkanes) is 1. The van der Waals surface area contributed by atoms with Crippen molar-refractivity contribution in [3.63, 3.8) is 0 Å². The maximum Gasteiger partial charge on any atom is 0.449 e. The molecule has 2 amide bonds. The van der Waals surface area contributed by atoms with Crippen molar-refractivity contribution < 1.29 is 22.8 Å². The van der Waals surface area contributed by atoms with Crippen molar-refractivity contribution in [3.8, 4) is 0 Å². The van der Waals surface area contributed by atoms with Crippen LogP contribution in [0, 0.1) is 0 Å². The molecule has 0 aliphatic carbocycles. The molecule has 0 fully saturated rings. The molecular formula is C20H16F3N3O2. The highest BCUT2D eigenvalue weighted by Gasteiger charge is 2.37. The lowest BCUT2D eigenvalue weighted by molar-refractivity contribution is -0.147. The van der Waals surface area contributed by atoms with E-state index in [0.29, 0.717) is 29.5 Å². The van der Waals surface area contributed by atoms with Crippen molar-refractivity contribution in [1.82, 2.24) is 14.5 Å². The molecule has 2 heterocycles. The number of nitrogens with zero attached hydrogens (tertiary/aromatic N) is 3. The first kappa shape index (κ1) is 18.2. The number of fused-ring (bicyclic) bond motifs is 2. The number of hydrogen-bond acceptors (Lipinski definition) is 3. The van der Waals surface area contributed by atoms with Gasteiger partial charge in [0.15, 0.2) is 0 Å². The van der Waals surface area contributed by atoms with E-state index >= 15 is 0 Å². The Kier molecular flexibility index (Phi) is 4.41. The third-order valence-corrected chi connectivity index (χ3v) is 4.80. The molecule has 0 saturated carbocycles. The number of carbonyl (C=O) groups is 2. The fourth-order valence-electron chi connectivity index (χ4n) is 3.50. The topological polar surface area (TPSA) is 55.2 Å². The standard InChI is InChI=1S/C20H16F3N3O2/c21-20(22,23)19-24-15-9-3-4-10-16(15)25(19)11-5-6-12-26-17(27)13-7-1-2-8-14(13)18(26)28/h1-4,7-10H,5-6,11-12H2. The number of hydrogen-bond donors (Lipinski definition) is 0. The second-order valence-corrected chi connectivity index (χ2v) is 6.59. The number of aryl methyl sites for hydroxylation is 1. The Bertz CT molecular complexity index is 1040. The van der Waals surface area contributed by atoms with Gasteiger partial charge in [0.25, 0.3) is 11.8 Å². The fourth-order valence-corrected chi connectivity index (χ4v) is 3.50. The largest absolute Gasteiger partial charge is 0.449 e. The summed E-state index contributed by atoms with van der Waals surface area (Å²) in [4.78, 5) is 29.5. The van der Waals surface area contributed by atoms with E-state index in [4.69, 9.17) is 0 Å². The molecule has 28 heavy (non-hydrogen) atoms. The van der Waals surface area contributed by atoms with Gasteiger partial charge in [-0.05, 0) is 37.1 Å².